The molecule has 0 radical (unpaired) electrons. The Bertz CT molecular complexity index is 971. The van der Waals surface area contributed by atoms with E-state index >= 15 is 0 Å². The van der Waals surface area contributed by atoms with Crippen molar-refractivity contribution in [2.45, 2.75) is 18.7 Å². The van der Waals surface area contributed by atoms with Gasteiger partial charge in [-0.1, -0.05) is 30.3 Å². The van der Waals surface area contributed by atoms with Crippen LogP contribution in [-0.4, -0.2) is 13.5 Å². The number of aromatic hydroxyl groups is 1. The van der Waals surface area contributed by atoms with Crippen molar-refractivity contribution >= 4 is 26.5 Å². The summed E-state index contributed by atoms with van der Waals surface area (Å²) in [5.41, 5.74) is 1.69. The van der Waals surface area contributed by atoms with E-state index in [1.165, 1.54) is 0 Å². The smallest absolute Gasteiger partial charge is 0.261 e. The van der Waals surface area contributed by atoms with E-state index in [1.807, 2.05) is 24.3 Å². The summed E-state index contributed by atoms with van der Waals surface area (Å²) in [4.78, 5) is 0.208. The first-order chi connectivity index (χ1) is 10.9. The fourth-order valence-corrected chi connectivity index (χ4v) is 3.64. The van der Waals surface area contributed by atoms with Crippen molar-refractivity contribution in [2.24, 2.45) is 0 Å². The fourth-order valence-electron chi connectivity index (χ4n) is 2.56. The van der Waals surface area contributed by atoms with Crippen molar-refractivity contribution in [3.63, 3.8) is 0 Å². The summed E-state index contributed by atoms with van der Waals surface area (Å²) < 4.78 is 27.7. The minimum absolute atomic E-state index is 0.179. The molecule has 2 N–H and O–H groups in total. The van der Waals surface area contributed by atoms with Crippen LogP contribution < -0.4 is 4.72 Å². The second-order valence-electron chi connectivity index (χ2n) is 5.57. The van der Waals surface area contributed by atoms with Gasteiger partial charge in [0.05, 0.1) is 4.90 Å². The first kappa shape index (κ1) is 15.4. The molecule has 118 valence electrons. The van der Waals surface area contributed by atoms with Gasteiger partial charge in [0, 0.05) is 5.69 Å². The van der Waals surface area contributed by atoms with Crippen LogP contribution >= 0.6 is 0 Å². The zero-order valence-electron chi connectivity index (χ0n) is 12.9. The molecule has 5 heteroatoms. The Morgan fingerprint density at radius 1 is 0.870 bits per heavy atom. The molecule has 0 heterocycles. The second kappa shape index (κ2) is 5.59. The quantitative estimate of drug-likeness (QED) is 0.716. The van der Waals surface area contributed by atoms with Crippen molar-refractivity contribution < 1.29 is 13.5 Å². The lowest BCUT2D eigenvalue weighted by molar-refractivity contribution is 0.467. The van der Waals surface area contributed by atoms with Gasteiger partial charge >= 0.3 is 0 Å². The standard InChI is InChI=1S/C18H17NO3S/c1-12-9-16(10-13(2)18(12)20)19-23(21,22)17-8-7-14-5-3-4-6-15(14)11-17/h3-11,19-20H,1-2H3. The third kappa shape index (κ3) is 3.00. The molecule has 0 amide bonds. The van der Waals surface area contributed by atoms with Crippen LogP contribution in [0.15, 0.2) is 59.5 Å². The van der Waals surface area contributed by atoms with E-state index in [9.17, 15) is 13.5 Å². The topological polar surface area (TPSA) is 66.4 Å². The van der Waals surface area contributed by atoms with Gasteiger partial charge in [0.25, 0.3) is 10.0 Å². The van der Waals surface area contributed by atoms with Crippen LogP contribution in [-0.2, 0) is 10.0 Å². The monoisotopic (exact) mass is 327 g/mol. The van der Waals surface area contributed by atoms with E-state index in [1.54, 1.807) is 44.2 Å². The van der Waals surface area contributed by atoms with E-state index in [0.717, 1.165) is 10.8 Å². The van der Waals surface area contributed by atoms with Gasteiger partial charge in [0.1, 0.15) is 5.75 Å². The molecule has 0 bridgehead atoms. The predicted octanol–water partition coefficient (Wildman–Crippen LogP) is 3.96. The number of hydrogen-bond donors (Lipinski definition) is 2. The molecule has 0 saturated carbocycles. The fraction of sp³-hybridized carbons (Fsp3) is 0.111. The van der Waals surface area contributed by atoms with E-state index < -0.39 is 10.0 Å². The summed E-state index contributed by atoms with van der Waals surface area (Å²) in [6.45, 7) is 3.46. The highest BCUT2D eigenvalue weighted by Gasteiger charge is 2.15. The molecule has 0 aliphatic carbocycles. The summed E-state index contributed by atoms with van der Waals surface area (Å²) in [6.07, 6.45) is 0. The molecule has 0 aliphatic rings. The Morgan fingerprint density at radius 3 is 2.13 bits per heavy atom. The number of aryl methyl sites for hydroxylation is 2. The third-order valence-corrected chi connectivity index (χ3v) is 5.15. The van der Waals surface area contributed by atoms with Crippen LogP contribution in [0.25, 0.3) is 10.8 Å². The molecule has 3 rings (SSSR count). The maximum atomic E-state index is 12.6. The number of fused-ring (bicyclic) bond motifs is 1. The third-order valence-electron chi connectivity index (χ3n) is 3.77. The molecule has 0 aliphatic heterocycles. The summed E-state index contributed by atoms with van der Waals surface area (Å²) >= 11 is 0. The molecule has 0 aromatic heterocycles. The number of benzene rings is 3. The number of nitrogens with one attached hydrogen (secondary N) is 1. The molecule has 0 atom stereocenters. The van der Waals surface area contributed by atoms with E-state index in [2.05, 4.69) is 4.72 Å². The highest BCUT2D eigenvalue weighted by molar-refractivity contribution is 7.92. The maximum absolute atomic E-state index is 12.6. The Morgan fingerprint density at radius 2 is 1.48 bits per heavy atom. The van der Waals surface area contributed by atoms with E-state index in [-0.39, 0.29) is 10.6 Å². The largest absolute Gasteiger partial charge is 0.507 e. The van der Waals surface area contributed by atoms with Crippen molar-refractivity contribution in [3.05, 3.63) is 65.7 Å². The highest BCUT2D eigenvalue weighted by atomic mass is 32.2. The lowest BCUT2D eigenvalue weighted by Gasteiger charge is -2.12. The van der Waals surface area contributed by atoms with Crippen LogP contribution in [0.5, 0.6) is 5.75 Å². The van der Waals surface area contributed by atoms with Crippen LogP contribution in [0.2, 0.25) is 0 Å². The van der Waals surface area contributed by atoms with E-state index in [4.69, 9.17) is 0 Å². The van der Waals surface area contributed by atoms with Gasteiger partial charge in [0.15, 0.2) is 0 Å². The van der Waals surface area contributed by atoms with Gasteiger partial charge in [-0.3, -0.25) is 4.72 Å². The molecular weight excluding hydrogens is 310 g/mol. The first-order valence-electron chi connectivity index (χ1n) is 7.19. The molecule has 3 aromatic rings. The van der Waals surface area contributed by atoms with Gasteiger partial charge in [-0.05, 0) is 60.0 Å². The van der Waals surface area contributed by atoms with Crippen molar-refractivity contribution in [2.75, 3.05) is 4.72 Å². The lowest BCUT2D eigenvalue weighted by atomic mass is 10.1. The first-order valence-corrected chi connectivity index (χ1v) is 8.67. The summed E-state index contributed by atoms with van der Waals surface area (Å²) in [7, 11) is -3.68. The van der Waals surface area contributed by atoms with Crippen molar-refractivity contribution in [1.82, 2.24) is 0 Å². The zero-order chi connectivity index (χ0) is 16.6. The molecule has 0 saturated heterocycles. The van der Waals surface area contributed by atoms with Gasteiger partial charge in [0.2, 0.25) is 0 Å². The minimum atomic E-state index is -3.68. The van der Waals surface area contributed by atoms with Gasteiger partial charge in [-0.2, -0.15) is 0 Å². The van der Waals surface area contributed by atoms with Crippen LogP contribution in [0.3, 0.4) is 0 Å². The Hall–Kier alpha value is -2.53. The minimum Gasteiger partial charge on any atom is -0.507 e. The average Bonchev–Trinajstić information content (AvgIpc) is 2.51. The van der Waals surface area contributed by atoms with Crippen LogP contribution in [0.4, 0.5) is 5.69 Å². The summed E-state index contributed by atoms with van der Waals surface area (Å²) in [5, 5.41) is 11.6. The van der Waals surface area contributed by atoms with Gasteiger partial charge in [-0.25, -0.2) is 8.42 Å². The Kier molecular flexibility index (Phi) is 3.74. The molecule has 0 unspecified atom stereocenters. The highest BCUT2D eigenvalue weighted by Crippen LogP contribution is 2.27. The second-order valence-corrected chi connectivity index (χ2v) is 7.26. The SMILES string of the molecule is Cc1cc(NS(=O)(=O)c2ccc3ccccc3c2)cc(C)c1O. The molecule has 0 fully saturated rings. The zero-order valence-corrected chi connectivity index (χ0v) is 13.7. The number of phenolic OH excluding ortho intramolecular Hbond substituents is 1. The van der Waals surface area contributed by atoms with Crippen LogP contribution in [0, 0.1) is 13.8 Å². The number of anilines is 1. The molecule has 0 spiro atoms. The number of sulfonamides is 1. The van der Waals surface area contributed by atoms with Gasteiger partial charge < -0.3 is 5.11 Å². The molecule has 3 aromatic carbocycles. The average molecular weight is 327 g/mol. The van der Waals surface area contributed by atoms with Crippen LogP contribution in [0.1, 0.15) is 11.1 Å². The predicted molar refractivity (Wildman–Crippen MR) is 92.3 cm³/mol. The lowest BCUT2D eigenvalue weighted by Crippen LogP contribution is -2.13. The van der Waals surface area contributed by atoms with Crippen molar-refractivity contribution in [3.8, 4) is 5.75 Å². The summed E-state index contributed by atoms with van der Waals surface area (Å²) in [5.74, 6) is 0.179. The molecule has 23 heavy (non-hydrogen) atoms. The maximum Gasteiger partial charge on any atom is 0.261 e. The normalized spacial score (nSPS) is 11.6. The molecular formula is C18H17NO3S. The number of rotatable bonds is 3. The number of hydrogen-bond acceptors (Lipinski definition) is 3. The summed E-state index contributed by atoms with van der Waals surface area (Å²) in [6, 6.07) is 15.9. The number of phenols is 1. The molecule has 4 nitrogen and oxygen atoms in total. The Labute approximate surface area is 135 Å². The van der Waals surface area contributed by atoms with Crippen molar-refractivity contribution in [1.29, 1.82) is 0 Å². The van der Waals surface area contributed by atoms with E-state index in [0.29, 0.717) is 16.8 Å². The Balaban J connectivity index is 2.00. The van der Waals surface area contributed by atoms with Gasteiger partial charge in [-0.15, -0.1) is 0 Å².